The van der Waals surface area contributed by atoms with Crippen molar-refractivity contribution in [1.29, 1.82) is 0 Å². The van der Waals surface area contributed by atoms with Gasteiger partial charge in [0.2, 0.25) is 0 Å². The van der Waals surface area contributed by atoms with E-state index in [2.05, 4.69) is 68.5 Å². The lowest BCUT2D eigenvalue weighted by molar-refractivity contribution is 0.259. The number of nitrogens with one attached hydrogen (secondary N) is 1. The van der Waals surface area contributed by atoms with E-state index in [1.807, 2.05) is 19.2 Å². The van der Waals surface area contributed by atoms with Crippen LogP contribution in [0, 0.1) is 0 Å². The molecule has 1 unspecified atom stereocenters. The van der Waals surface area contributed by atoms with E-state index in [4.69, 9.17) is 4.42 Å². The first-order valence-electron chi connectivity index (χ1n) is 10.9. The molecule has 4 rings (SSSR count). The van der Waals surface area contributed by atoms with E-state index in [1.165, 1.54) is 17.5 Å². The van der Waals surface area contributed by atoms with Gasteiger partial charge >= 0.3 is 0 Å². The molecule has 1 N–H and O–H groups in total. The highest BCUT2D eigenvalue weighted by Crippen LogP contribution is 2.18. The number of hydrogen-bond donors (Lipinski definition) is 1. The summed E-state index contributed by atoms with van der Waals surface area (Å²) in [5, 5.41) is 3.60. The molecule has 0 spiro atoms. The molecular weight excluding hydrogens is 374 g/mol. The molecule has 2 aromatic rings. The van der Waals surface area contributed by atoms with Crippen molar-refractivity contribution in [2.75, 3.05) is 40.3 Å². The van der Waals surface area contributed by atoms with Crippen LogP contribution in [0.4, 0.5) is 0 Å². The highest BCUT2D eigenvalue weighted by molar-refractivity contribution is 5.80. The van der Waals surface area contributed by atoms with Crippen molar-refractivity contribution >= 4 is 5.96 Å². The van der Waals surface area contributed by atoms with Gasteiger partial charge < -0.3 is 14.6 Å². The third-order valence-corrected chi connectivity index (χ3v) is 6.04. The SMILES string of the molecule is CN=C(NCc1ccccc1CN(C)Cc1ccco1)N1CCC(N2CC=CC2)C1. The fraction of sp³-hybridized carbons (Fsp3) is 0.458. The van der Waals surface area contributed by atoms with Crippen molar-refractivity contribution in [3.05, 3.63) is 71.7 Å². The van der Waals surface area contributed by atoms with Crippen molar-refractivity contribution in [1.82, 2.24) is 20.0 Å². The monoisotopic (exact) mass is 407 g/mol. The Bertz CT molecular complexity index is 852. The Morgan fingerprint density at radius 1 is 1.13 bits per heavy atom. The summed E-state index contributed by atoms with van der Waals surface area (Å²) >= 11 is 0. The van der Waals surface area contributed by atoms with Crippen LogP contribution in [0.25, 0.3) is 0 Å². The minimum atomic E-state index is 0.626. The summed E-state index contributed by atoms with van der Waals surface area (Å²) in [6.07, 6.45) is 7.48. The summed E-state index contributed by atoms with van der Waals surface area (Å²) in [7, 11) is 4.01. The summed E-state index contributed by atoms with van der Waals surface area (Å²) in [4.78, 5) is 11.8. The van der Waals surface area contributed by atoms with Crippen LogP contribution in [-0.4, -0.2) is 67.0 Å². The van der Waals surface area contributed by atoms with Gasteiger partial charge in [-0.2, -0.15) is 0 Å². The molecule has 0 amide bonds. The van der Waals surface area contributed by atoms with E-state index >= 15 is 0 Å². The van der Waals surface area contributed by atoms with Gasteiger partial charge in [-0.25, -0.2) is 0 Å². The Kier molecular flexibility index (Phi) is 6.87. The highest BCUT2D eigenvalue weighted by Gasteiger charge is 2.29. The Labute approximate surface area is 179 Å². The molecule has 160 valence electrons. The van der Waals surface area contributed by atoms with Gasteiger partial charge in [0.05, 0.1) is 12.8 Å². The van der Waals surface area contributed by atoms with Crippen LogP contribution in [0.5, 0.6) is 0 Å². The summed E-state index contributed by atoms with van der Waals surface area (Å²) in [5.41, 5.74) is 2.64. The molecule has 2 aliphatic heterocycles. The second kappa shape index (κ2) is 9.96. The minimum Gasteiger partial charge on any atom is -0.468 e. The first-order valence-corrected chi connectivity index (χ1v) is 10.9. The second-order valence-corrected chi connectivity index (χ2v) is 8.23. The van der Waals surface area contributed by atoms with Crippen LogP contribution in [0.2, 0.25) is 0 Å². The largest absolute Gasteiger partial charge is 0.468 e. The van der Waals surface area contributed by atoms with Crippen molar-refractivity contribution in [3.8, 4) is 0 Å². The van der Waals surface area contributed by atoms with E-state index < -0.39 is 0 Å². The summed E-state index contributed by atoms with van der Waals surface area (Å²) < 4.78 is 5.49. The number of hydrogen-bond acceptors (Lipinski definition) is 4. The van der Waals surface area contributed by atoms with Crippen molar-refractivity contribution < 1.29 is 4.42 Å². The molecule has 2 aliphatic rings. The molecule has 1 atom stereocenters. The number of benzene rings is 1. The zero-order chi connectivity index (χ0) is 20.8. The highest BCUT2D eigenvalue weighted by atomic mass is 16.3. The third kappa shape index (κ3) is 5.12. The maximum absolute atomic E-state index is 5.49. The summed E-state index contributed by atoms with van der Waals surface area (Å²) in [6.45, 7) is 6.75. The molecule has 0 saturated carbocycles. The van der Waals surface area contributed by atoms with Gasteiger partial charge in [-0.1, -0.05) is 36.4 Å². The molecule has 3 heterocycles. The van der Waals surface area contributed by atoms with Gasteiger partial charge in [0, 0.05) is 52.4 Å². The maximum Gasteiger partial charge on any atom is 0.193 e. The molecule has 0 aliphatic carbocycles. The van der Waals surface area contributed by atoms with E-state index in [0.29, 0.717) is 6.04 Å². The van der Waals surface area contributed by atoms with Crippen LogP contribution >= 0.6 is 0 Å². The topological polar surface area (TPSA) is 47.3 Å². The number of furan rings is 1. The molecule has 30 heavy (non-hydrogen) atoms. The van der Waals surface area contributed by atoms with Gasteiger partial charge in [-0.3, -0.25) is 14.8 Å². The Morgan fingerprint density at radius 2 is 1.93 bits per heavy atom. The lowest BCUT2D eigenvalue weighted by Gasteiger charge is -2.26. The average Bonchev–Trinajstić information content (AvgIpc) is 3.52. The quantitative estimate of drug-likeness (QED) is 0.434. The zero-order valence-corrected chi connectivity index (χ0v) is 18.1. The third-order valence-electron chi connectivity index (χ3n) is 6.04. The van der Waals surface area contributed by atoms with E-state index in [1.54, 1.807) is 6.26 Å². The number of rotatable bonds is 7. The molecule has 6 nitrogen and oxygen atoms in total. The Hall–Kier alpha value is -2.57. The number of guanidine groups is 1. The normalized spacial score (nSPS) is 19.9. The van der Waals surface area contributed by atoms with Crippen LogP contribution < -0.4 is 5.32 Å². The standard InChI is InChI=1S/C24H33N5O/c1-25-24(29-14-11-22(18-29)28-12-5-6-13-28)26-16-20-8-3-4-9-21(20)17-27(2)19-23-10-7-15-30-23/h3-10,15,22H,11-14,16-19H2,1-2H3,(H,25,26). The Morgan fingerprint density at radius 3 is 2.67 bits per heavy atom. The minimum absolute atomic E-state index is 0.626. The average molecular weight is 408 g/mol. The van der Waals surface area contributed by atoms with E-state index in [0.717, 1.165) is 57.5 Å². The number of aliphatic imine (C=N–C) groups is 1. The number of nitrogens with zero attached hydrogens (tertiary/aromatic N) is 4. The fourth-order valence-electron chi connectivity index (χ4n) is 4.43. The van der Waals surface area contributed by atoms with Crippen molar-refractivity contribution in [2.45, 2.75) is 32.1 Å². The lowest BCUT2D eigenvalue weighted by Crippen LogP contribution is -2.42. The molecule has 1 aromatic heterocycles. The van der Waals surface area contributed by atoms with Gasteiger partial charge in [-0.15, -0.1) is 0 Å². The molecule has 1 saturated heterocycles. The van der Waals surface area contributed by atoms with Gasteiger partial charge in [0.25, 0.3) is 0 Å². The summed E-state index contributed by atoms with van der Waals surface area (Å²) in [6, 6.07) is 13.2. The molecule has 1 fully saturated rings. The van der Waals surface area contributed by atoms with Crippen molar-refractivity contribution in [2.24, 2.45) is 4.99 Å². The predicted octanol–water partition coefficient (Wildman–Crippen LogP) is 2.93. The lowest BCUT2D eigenvalue weighted by atomic mass is 10.1. The van der Waals surface area contributed by atoms with Gasteiger partial charge in [0.15, 0.2) is 5.96 Å². The van der Waals surface area contributed by atoms with Gasteiger partial charge in [0.1, 0.15) is 5.76 Å². The maximum atomic E-state index is 5.49. The first kappa shape index (κ1) is 20.7. The van der Waals surface area contributed by atoms with Crippen LogP contribution in [0.1, 0.15) is 23.3 Å². The number of likely N-dealkylation sites (tertiary alicyclic amines) is 1. The second-order valence-electron chi connectivity index (χ2n) is 8.23. The molecule has 6 heteroatoms. The predicted molar refractivity (Wildman–Crippen MR) is 121 cm³/mol. The van der Waals surface area contributed by atoms with E-state index in [9.17, 15) is 0 Å². The molecule has 0 radical (unpaired) electrons. The zero-order valence-electron chi connectivity index (χ0n) is 18.1. The van der Waals surface area contributed by atoms with Crippen molar-refractivity contribution in [3.63, 3.8) is 0 Å². The van der Waals surface area contributed by atoms with Gasteiger partial charge in [-0.05, 0) is 36.7 Å². The fourth-order valence-corrected chi connectivity index (χ4v) is 4.43. The van der Waals surface area contributed by atoms with Crippen LogP contribution in [-0.2, 0) is 19.6 Å². The first-order chi connectivity index (χ1) is 14.7. The van der Waals surface area contributed by atoms with Crippen LogP contribution in [0.15, 0.2) is 64.2 Å². The smallest absolute Gasteiger partial charge is 0.193 e. The molecule has 0 bridgehead atoms. The molecular formula is C24H33N5O. The Balaban J connectivity index is 1.32. The molecule has 1 aromatic carbocycles. The van der Waals surface area contributed by atoms with Crippen LogP contribution in [0.3, 0.4) is 0 Å². The van der Waals surface area contributed by atoms with E-state index in [-0.39, 0.29) is 0 Å². The summed E-state index contributed by atoms with van der Waals surface area (Å²) in [5.74, 6) is 1.99.